The highest BCUT2D eigenvalue weighted by Gasteiger charge is 2.28. The Hall–Kier alpha value is -3.37. The summed E-state index contributed by atoms with van der Waals surface area (Å²) in [5.41, 5.74) is 3.46. The van der Waals surface area contributed by atoms with Gasteiger partial charge in [-0.2, -0.15) is 4.31 Å². The Morgan fingerprint density at radius 1 is 1.12 bits per heavy atom. The Labute approximate surface area is 199 Å². The van der Waals surface area contributed by atoms with Gasteiger partial charge in [0.2, 0.25) is 10.0 Å². The van der Waals surface area contributed by atoms with Crippen LogP contribution in [0.2, 0.25) is 0 Å². The zero-order valence-electron chi connectivity index (χ0n) is 19.3. The summed E-state index contributed by atoms with van der Waals surface area (Å²) in [6.07, 6.45) is 3.29. The van der Waals surface area contributed by atoms with Gasteiger partial charge in [-0.3, -0.25) is 4.79 Å². The Bertz CT molecular complexity index is 1250. The van der Waals surface area contributed by atoms with Crippen LogP contribution in [0.1, 0.15) is 40.2 Å². The number of anilines is 1. The Kier molecular flexibility index (Phi) is 7.18. The second-order valence-corrected chi connectivity index (χ2v) is 10.2. The molecule has 180 valence electrons. The molecule has 0 aliphatic carbocycles. The maximum Gasteiger partial charge on any atom is 0.251 e. The van der Waals surface area contributed by atoms with Crippen molar-refractivity contribution in [3.8, 4) is 5.75 Å². The molecule has 1 aromatic heterocycles. The van der Waals surface area contributed by atoms with E-state index in [1.807, 2.05) is 31.2 Å². The van der Waals surface area contributed by atoms with Gasteiger partial charge in [-0.25, -0.2) is 13.4 Å². The first-order valence-corrected chi connectivity index (χ1v) is 12.6. The Morgan fingerprint density at radius 3 is 2.50 bits per heavy atom. The molecule has 2 heterocycles. The van der Waals surface area contributed by atoms with Gasteiger partial charge in [0.05, 0.1) is 30.6 Å². The average molecular weight is 484 g/mol. The highest BCUT2D eigenvalue weighted by Crippen LogP contribution is 2.25. The Balaban J connectivity index is 1.57. The number of aromatic amines is 1. The number of carbonyl (C=O) groups excluding carboxylic acids is 1. The minimum atomic E-state index is -3.69. The predicted molar refractivity (Wildman–Crippen MR) is 129 cm³/mol. The minimum Gasteiger partial charge on any atom is -0.497 e. The SMILES string of the molecule is COc1ccc(CNC(=O)c2cc(NCc3nc[nH]c3C)cc(S(=O)(=O)N3CCCC3)c2)cc1. The number of imidazole rings is 1. The number of rotatable bonds is 9. The van der Waals surface area contributed by atoms with Gasteiger partial charge in [0.15, 0.2) is 0 Å². The zero-order valence-corrected chi connectivity index (χ0v) is 20.1. The molecular weight excluding hydrogens is 454 g/mol. The first-order chi connectivity index (χ1) is 16.4. The number of H-pyrrole nitrogens is 1. The molecule has 0 atom stereocenters. The number of sulfonamides is 1. The van der Waals surface area contributed by atoms with Crippen molar-refractivity contribution < 1.29 is 17.9 Å². The summed E-state index contributed by atoms with van der Waals surface area (Å²) in [6.45, 7) is 3.60. The number of nitrogens with zero attached hydrogens (tertiary/aromatic N) is 2. The largest absolute Gasteiger partial charge is 0.497 e. The van der Waals surface area contributed by atoms with Crippen LogP contribution in [0.3, 0.4) is 0 Å². The number of methoxy groups -OCH3 is 1. The molecule has 0 spiro atoms. The number of hydrogen-bond acceptors (Lipinski definition) is 6. The molecule has 0 saturated carbocycles. The van der Waals surface area contributed by atoms with Crippen molar-refractivity contribution in [1.29, 1.82) is 0 Å². The standard InChI is InChI=1S/C24H29N5O4S/c1-17-23(28-16-27-17)15-25-20-11-19(12-22(13-20)34(31,32)29-9-3-4-10-29)24(30)26-14-18-5-7-21(33-2)8-6-18/h5-8,11-13,16,25H,3-4,9-10,14-15H2,1-2H3,(H,26,30)(H,27,28). The van der Waals surface area contributed by atoms with Crippen LogP contribution in [0, 0.1) is 6.92 Å². The molecule has 9 nitrogen and oxygen atoms in total. The van der Waals surface area contributed by atoms with E-state index in [0.717, 1.165) is 35.5 Å². The number of nitrogens with one attached hydrogen (secondary N) is 3. The van der Waals surface area contributed by atoms with Crippen molar-refractivity contribution in [2.45, 2.75) is 37.8 Å². The maximum atomic E-state index is 13.2. The molecule has 0 bridgehead atoms. The van der Waals surface area contributed by atoms with Gasteiger partial charge in [-0.15, -0.1) is 0 Å². The summed E-state index contributed by atoms with van der Waals surface area (Å²) in [7, 11) is -2.10. The van der Waals surface area contributed by atoms with Gasteiger partial charge in [0.1, 0.15) is 5.75 Å². The van der Waals surface area contributed by atoms with Crippen LogP contribution in [0.15, 0.2) is 53.7 Å². The van der Waals surface area contributed by atoms with Gasteiger partial charge >= 0.3 is 0 Å². The summed E-state index contributed by atoms with van der Waals surface area (Å²) < 4.78 is 33.1. The van der Waals surface area contributed by atoms with E-state index in [-0.39, 0.29) is 16.4 Å². The molecule has 0 unspecified atom stereocenters. The lowest BCUT2D eigenvalue weighted by Crippen LogP contribution is -2.29. The second-order valence-electron chi connectivity index (χ2n) is 8.22. The van der Waals surface area contributed by atoms with Crippen LogP contribution in [0.25, 0.3) is 0 Å². The van der Waals surface area contributed by atoms with E-state index >= 15 is 0 Å². The van der Waals surface area contributed by atoms with Crippen molar-refractivity contribution in [2.24, 2.45) is 0 Å². The summed E-state index contributed by atoms with van der Waals surface area (Å²) >= 11 is 0. The fourth-order valence-electron chi connectivity index (χ4n) is 3.84. The average Bonchev–Trinajstić information content (AvgIpc) is 3.54. The quantitative estimate of drug-likeness (QED) is 0.431. The van der Waals surface area contributed by atoms with Crippen molar-refractivity contribution in [3.63, 3.8) is 0 Å². The number of aryl methyl sites for hydroxylation is 1. The molecule has 34 heavy (non-hydrogen) atoms. The number of hydrogen-bond donors (Lipinski definition) is 3. The van der Waals surface area contributed by atoms with E-state index < -0.39 is 10.0 Å². The van der Waals surface area contributed by atoms with Gasteiger partial charge in [-0.05, 0) is 55.7 Å². The van der Waals surface area contributed by atoms with Crippen LogP contribution in [0.4, 0.5) is 5.69 Å². The summed E-state index contributed by atoms with van der Waals surface area (Å²) in [5.74, 6) is 0.381. The van der Waals surface area contributed by atoms with Crippen molar-refractivity contribution >= 4 is 21.6 Å². The fourth-order valence-corrected chi connectivity index (χ4v) is 5.43. The Morgan fingerprint density at radius 2 is 1.85 bits per heavy atom. The number of amides is 1. The molecule has 2 aromatic carbocycles. The predicted octanol–water partition coefficient (Wildman–Crippen LogP) is 3.05. The topological polar surface area (TPSA) is 116 Å². The molecule has 1 aliphatic rings. The van der Waals surface area contributed by atoms with Crippen LogP contribution in [-0.2, 0) is 23.1 Å². The van der Waals surface area contributed by atoms with Crippen molar-refractivity contribution in [2.75, 3.05) is 25.5 Å². The number of ether oxygens (including phenoxy) is 1. The molecule has 0 radical (unpaired) electrons. The first-order valence-electron chi connectivity index (χ1n) is 11.2. The molecule has 1 fully saturated rings. The second kappa shape index (κ2) is 10.3. The van der Waals surface area contributed by atoms with E-state index in [0.29, 0.717) is 31.9 Å². The monoisotopic (exact) mass is 483 g/mol. The molecule has 3 N–H and O–H groups in total. The summed E-state index contributed by atoms with van der Waals surface area (Å²) in [6, 6.07) is 12.1. The number of aromatic nitrogens is 2. The molecule has 10 heteroatoms. The fraction of sp³-hybridized carbons (Fsp3) is 0.333. The lowest BCUT2D eigenvalue weighted by atomic mass is 10.1. The van der Waals surface area contributed by atoms with Crippen LogP contribution in [-0.4, -0.2) is 48.8 Å². The summed E-state index contributed by atoms with van der Waals surface area (Å²) in [4.78, 5) is 20.4. The third-order valence-electron chi connectivity index (χ3n) is 5.88. The van der Waals surface area contributed by atoms with Crippen LogP contribution >= 0.6 is 0 Å². The van der Waals surface area contributed by atoms with E-state index in [4.69, 9.17) is 4.74 Å². The molecular formula is C24H29N5O4S. The van der Waals surface area contributed by atoms with Crippen molar-refractivity contribution in [1.82, 2.24) is 19.6 Å². The van der Waals surface area contributed by atoms with E-state index in [2.05, 4.69) is 20.6 Å². The normalized spacial score (nSPS) is 14.2. The third kappa shape index (κ3) is 5.40. The van der Waals surface area contributed by atoms with E-state index in [1.54, 1.807) is 25.6 Å². The van der Waals surface area contributed by atoms with Crippen LogP contribution in [0.5, 0.6) is 5.75 Å². The highest BCUT2D eigenvalue weighted by molar-refractivity contribution is 7.89. The summed E-state index contributed by atoms with van der Waals surface area (Å²) in [5, 5.41) is 6.09. The van der Waals surface area contributed by atoms with Gasteiger partial charge < -0.3 is 20.4 Å². The van der Waals surface area contributed by atoms with Gasteiger partial charge in [0.25, 0.3) is 5.91 Å². The maximum absolute atomic E-state index is 13.2. The minimum absolute atomic E-state index is 0.104. The first kappa shape index (κ1) is 23.8. The van der Waals surface area contributed by atoms with E-state index in [1.165, 1.54) is 10.4 Å². The van der Waals surface area contributed by atoms with E-state index in [9.17, 15) is 13.2 Å². The smallest absolute Gasteiger partial charge is 0.251 e. The highest BCUT2D eigenvalue weighted by atomic mass is 32.2. The lowest BCUT2D eigenvalue weighted by Gasteiger charge is -2.18. The molecule has 1 aliphatic heterocycles. The van der Waals surface area contributed by atoms with Crippen molar-refractivity contribution in [3.05, 3.63) is 71.3 Å². The molecule has 1 saturated heterocycles. The van der Waals surface area contributed by atoms with Gasteiger partial charge in [-0.1, -0.05) is 12.1 Å². The van der Waals surface area contributed by atoms with Gasteiger partial charge in [0, 0.05) is 36.6 Å². The number of carbonyl (C=O) groups is 1. The third-order valence-corrected chi connectivity index (χ3v) is 7.75. The molecule has 1 amide bonds. The lowest BCUT2D eigenvalue weighted by molar-refractivity contribution is 0.0950. The molecule has 3 aromatic rings. The molecule has 4 rings (SSSR count). The van der Waals surface area contributed by atoms with Crippen LogP contribution < -0.4 is 15.4 Å². The zero-order chi connectivity index (χ0) is 24.1. The number of benzene rings is 2.